The van der Waals surface area contributed by atoms with Gasteiger partial charge < -0.3 is 34.5 Å². The maximum Gasteiger partial charge on any atom is 0.410 e. The number of hydrogen-bond donors (Lipinski definition) is 2. The number of aliphatic imine (C=N–C) groups is 1. The zero-order valence-corrected chi connectivity index (χ0v) is 30.2. The standard InChI is InChI=1S/C39H44F2N4O8/c1-5-14-50-15-16-51-17-18-52-32-13-12-29(40)34(41)33(32)35(46)24-6-8-25(9-7-24)36(47)43-30-22-45(38(49)53-39(2,3)4)23-31(30)44-37(48)26-10-11-27-20-42-21-28(27)19-26/h6-13,19-20,30-31H,5,14-18,21-23H2,1-4H3,(H,43,47)(H,44,48)/t30-,31-/m1/s1. The Morgan fingerprint density at radius 1 is 0.811 bits per heavy atom. The van der Waals surface area contributed by atoms with Crippen LogP contribution in [0.3, 0.4) is 0 Å². The topological polar surface area (TPSA) is 145 Å². The molecule has 2 heterocycles. The number of nitrogens with one attached hydrogen (secondary N) is 2. The number of benzene rings is 3. The lowest BCUT2D eigenvalue weighted by Crippen LogP contribution is -2.51. The van der Waals surface area contributed by atoms with Crippen LogP contribution in [0, 0.1) is 11.6 Å². The lowest BCUT2D eigenvalue weighted by atomic mass is 10.00. The highest BCUT2D eigenvalue weighted by atomic mass is 19.2. The van der Waals surface area contributed by atoms with E-state index in [9.17, 15) is 28.0 Å². The molecular weight excluding hydrogens is 690 g/mol. The van der Waals surface area contributed by atoms with Crippen molar-refractivity contribution in [3.8, 4) is 5.75 Å². The van der Waals surface area contributed by atoms with E-state index in [1.807, 2.05) is 13.0 Å². The van der Waals surface area contributed by atoms with Crippen molar-refractivity contribution < 1.29 is 46.9 Å². The summed E-state index contributed by atoms with van der Waals surface area (Å²) < 4.78 is 51.2. The minimum absolute atomic E-state index is 0.0120. The third kappa shape index (κ3) is 10.2. The smallest absolute Gasteiger partial charge is 0.410 e. The molecule has 3 aromatic rings. The van der Waals surface area contributed by atoms with Crippen LogP contribution in [0.5, 0.6) is 5.75 Å². The number of amides is 3. The molecule has 14 heteroatoms. The molecule has 2 atom stereocenters. The van der Waals surface area contributed by atoms with Crippen molar-refractivity contribution in [1.82, 2.24) is 15.5 Å². The minimum Gasteiger partial charge on any atom is -0.490 e. The maximum atomic E-state index is 15.0. The second kappa shape index (κ2) is 17.5. The zero-order valence-electron chi connectivity index (χ0n) is 30.2. The van der Waals surface area contributed by atoms with Gasteiger partial charge in [0.15, 0.2) is 17.4 Å². The van der Waals surface area contributed by atoms with Gasteiger partial charge in [0.25, 0.3) is 11.8 Å². The van der Waals surface area contributed by atoms with Gasteiger partial charge in [-0.3, -0.25) is 19.4 Å². The summed E-state index contributed by atoms with van der Waals surface area (Å²) >= 11 is 0. The molecule has 0 bridgehead atoms. The summed E-state index contributed by atoms with van der Waals surface area (Å²) in [5.74, 6) is -4.50. The molecule has 53 heavy (non-hydrogen) atoms. The van der Waals surface area contributed by atoms with E-state index in [0.29, 0.717) is 31.9 Å². The Balaban J connectivity index is 1.25. The van der Waals surface area contributed by atoms with E-state index >= 15 is 0 Å². The second-order valence-electron chi connectivity index (χ2n) is 13.6. The lowest BCUT2D eigenvalue weighted by Gasteiger charge is -2.24. The van der Waals surface area contributed by atoms with Gasteiger partial charge in [-0.05, 0) is 74.7 Å². The summed E-state index contributed by atoms with van der Waals surface area (Å²) in [7, 11) is 0. The zero-order chi connectivity index (χ0) is 38.1. The van der Waals surface area contributed by atoms with E-state index in [0.717, 1.165) is 23.6 Å². The van der Waals surface area contributed by atoms with E-state index in [2.05, 4.69) is 15.6 Å². The van der Waals surface area contributed by atoms with Gasteiger partial charge in [-0.25, -0.2) is 13.6 Å². The summed E-state index contributed by atoms with van der Waals surface area (Å²) in [6.07, 6.45) is 2.04. The van der Waals surface area contributed by atoms with E-state index in [1.54, 1.807) is 39.1 Å². The molecule has 0 saturated carbocycles. The fourth-order valence-electron chi connectivity index (χ4n) is 5.79. The van der Waals surface area contributed by atoms with Gasteiger partial charge in [0, 0.05) is 42.6 Å². The average Bonchev–Trinajstić information content (AvgIpc) is 3.76. The Morgan fingerprint density at radius 2 is 1.42 bits per heavy atom. The molecule has 3 aromatic carbocycles. The first-order valence-corrected chi connectivity index (χ1v) is 17.5. The number of carbonyl (C=O) groups excluding carboxylic acids is 4. The van der Waals surface area contributed by atoms with E-state index in [4.69, 9.17) is 18.9 Å². The molecule has 0 aliphatic carbocycles. The number of rotatable bonds is 15. The number of carbonyl (C=O) groups is 4. The molecule has 2 aliphatic rings. The quantitative estimate of drug-likeness (QED) is 0.162. The predicted molar refractivity (Wildman–Crippen MR) is 192 cm³/mol. The number of fused-ring (bicyclic) bond motifs is 1. The number of likely N-dealkylation sites (tertiary alicyclic amines) is 1. The Labute approximate surface area is 306 Å². The lowest BCUT2D eigenvalue weighted by molar-refractivity contribution is 0.0286. The highest BCUT2D eigenvalue weighted by molar-refractivity contribution is 6.11. The Kier molecular flexibility index (Phi) is 12.9. The summed E-state index contributed by atoms with van der Waals surface area (Å²) in [5.41, 5.74) is 1.07. The van der Waals surface area contributed by atoms with Gasteiger partial charge in [0.1, 0.15) is 23.5 Å². The Hall–Kier alpha value is -5.21. The third-order valence-corrected chi connectivity index (χ3v) is 8.40. The van der Waals surface area contributed by atoms with E-state index < -0.39 is 52.7 Å². The number of nitrogens with zero attached hydrogens (tertiary/aromatic N) is 2. The van der Waals surface area contributed by atoms with Crippen molar-refractivity contribution in [3.63, 3.8) is 0 Å². The van der Waals surface area contributed by atoms with Crippen LogP contribution in [0.15, 0.2) is 59.6 Å². The molecule has 2 aliphatic heterocycles. The molecule has 3 amide bonds. The van der Waals surface area contributed by atoms with Crippen molar-refractivity contribution in [1.29, 1.82) is 0 Å². The van der Waals surface area contributed by atoms with Crippen LogP contribution in [0.4, 0.5) is 13.6 Å². The van der Waals surface area contributed by atoms with Gasteiger partial charge in [0.05, 0.1) is 38.4 Å². The van der Waals surface area contributed by atoms with E-state index in [1.165, 1.54) is 35.2 Å². The van der Waals surface area contributed by atoms with Crippen molar-refractivity contribution in [3.05, 3.63) is 99.6 Å². The fraction of sp³-hybridized carbons (Fsp3) is 0.410. The third-order valence-electron chi connectivity index (χ3n) is 8.40. The number of ether oxygens (including phenoxy) is 4. The average molecular weight is 735 g/mol. The van der Waals surface area contributed by atoms with Crippen LogP contribution < -0.4 is 15.4 Å². The molecule has 1 fully saturated rings. The van der Waals surface area contributed by atoms with Crippen molar-refractivity contribution >= 4 is 29.9 Å². The molecule has 1 saturated heterocycles. The van der Waals surface area contributed by atoms with Gasteiger partial charge in [-0.1, -0.05) is 25.1 Å². The first-order valence-electron chi connectivity index (χ1n) is 17.5. The molecule has 282 valence electrons. The highest BCUT2D eigenvalue weighted by Crippen LogP contribution is 2.27. The minimum atomic E-state index is -1.36. The fourth-order valence-corrected chi connectivity index (χ4v) is 5.79. The van der Waals surface area contributed by atoms with Crippen LogP contribution in [0.1, 0.15) is 81.9 Å². The Bertz CT molecular complexity index is 1840. The monoisotopic (exact) mass is 734 g/mol. The molecule has 5 rings (SSSR count). The number of ketones is 1. The highest BCUT2D eigenvalue weighted by Gasteiger charge is 2.39. The van der Waals surface area contributed by atoms with Crippen LogP contribution in [-0.4, -0.2) is 98.6 Å². The first kappa shape index (κ1) is 39.0. The largest absolute Gasteiger partial charge is 0.490 e. The predicted octanol–water partition coefficient (Wildman–Crippen LogP) is 5.10. The van der Waals surface area contributed by atoms with Crippen molar-refractivity contribution in [2.45, 2.75) is 58.3 Å². The molecule has 2 N–H and O–H groups in total. The normalized spacial score (nSPS) is 16.3. The van der Waals surface area contributed by atoms with Crippen LogP contribution in [0.2, 0.25) is 0 Å². The summed E-state index contributed by atoms with van der Waals surface area (Å²) in [6, 6.07) is 11.3. The molecule has 12 nitrogen and oxygen atoms in total. The molecule has 0 radical (unpaired) electrons. The van der Waals surface area contributed by atoms with Gasteiger partial charge >= 0.3 is 6.09 Å². The van der Waals surface area contributed by atoms with Crippen LogP contribution in [0.25, 0.3) is 0 Å². The molecule has 0 spiro atoms. The van der Waals surface area contributed by atoms with E-state index in [-0.39, 0.29) is 49.1 Å². The van der Waals surface area contributed by atoms with Gasteiger partial charge in [-0.2, -0.15) is 0 Å². The first-order chi connectivity index (χ1) is 25.3. The molecule has 0 aromatic heterocycles. The second-order valence-corrected chi connectivity index (χ2v) is 13.6. The number of hydrogen-bond acceptors (Lipinski definition) is 9. The summed E-state index contributed by atoms with van der Waals surface area (Å²) in [6.45, 7) is 9.30. The van der Waals surface area contributed by atoms with Crippen molar-refractivity contribution in [2.24, 2.45) is 4.99 Å². The maximum absolute atomic E-state index is 15.0. The summed E-state index contributed by atoms with van der Waals surface area (Å²) in [4.78, 5) is 58.8. The number of halogens is 2. The van der Waals surface area contributed by atoms with Gasteiger partial charge in [-0.15, -0.1) is 0 Å². The van der Waals surface area contributed by atoms with Crippen molar-refractivity contribution in [2.75, 3.05) is 46.1 Å². The van der Waals surface area contributed by atoms with Gasteiger partial charge in [0.2, 0.25) is 0 Å². The molecule has 0 unspecified atom stereocenters. The SMILES string of the molecule is CCCOCCOCCOc1ccc(F)c(F)c1C(=O)c1ccc(C(=O)N[C@@H]2CN(C(=O)OC(C)(C)C)C[C@H]2NC(=O)c2ccc3c(c2)CN=C3)cc1. The molecular formula is C39H44F2N4O8. The summed E-state index contributed by atoms with van der Waals surface area (Å²) in [5, 5.41) is 5.84. The van der Waals surface area contributed by atoms with Crippen LogP contribution in [-0.2, 0) is 20.8 Å². The van der Waals surface area contributed by atoms with Crippen LogP contribution >= 0.6 is 0 Å². The Morgan fingerprint density at radius 3 is 2.08 bits per heavy atom.